The SMILES string of the molecule is CSc1ccc(NC(=O)CCC2CCNCC2)cc1.Cl. The second-order valence-corrected chi connectivity index (χ2v) is 5.89. The highest BCUT2D eigenvalue weighted by molar-refractivity contribution is 7.98. The first-order valence-electron chi connectivity index (χ1n) is 6.92. The van der Waals surface area contributed by atoms with E-state index in [1.165, 1.54) is 17.7 Å². The first-order chi connectivity index (χ1) is 9.28. The number of halogens is 1. The van der Waals surface area contributed by atoms with Gasteiger partial charge in [-0.1, -0.05) is 0 Å². The van der Waals surface area contributed by atoms with Crippen LogP contribution >= 0.6 is 24.2 Å². The van der Waals surface area contributed by atoms with E-state index in [0.29, 0.717) is 12.3 Å². The summed E-state index contributed by atoms with van der Waals surface area (Å²) in [7, 11) is 0. The molecule has 0 saturated carbocycles. The third-order valence-electron chi connectivity index (χ3n) is 3.61. The van der Waals surface area contributed by atoms with E-state index in [1.807, 2.05) is 30.5 Å². The van der Waals surface area contributed by atoms with Crippen molar-refractivity contribution in [3.8, 4) is 0 Å². The van der Waals surface area contributed by atoms with Crippen LogP contribution in [0.5, 0.6) is 0 Å². The molecule has 0 radical (unpaired) electrons. The Morgan fingerprint density at radius 2 is 1.95 bits per heavy atom. The van der Waals surface area contributed by atoms with E-state index in [-0.39, 0.29) is 18.3 Å². The molecule has 0 atom stereocenters. The Kier molecular flexibility index (Phi) is 8.04. The summed E-state index contributed by atoms with van der Waals surface area (Å²) < 4.78 is 0. The molecule has 1 amide bonds. The summed E-state index contributed by atoms with van der Waals surface area (Å²) in [6.45, 7) is 2.20. The molecule has 20 heavy (non-hydrogen) atoms. The summed E-state index contributed by atoms with van der Waals surface area (Å²) in [4.78, 5) is 13.1. The molecule has 0 aliphatic carbocycles. The normalized spacial score (nSPS) is 15.4. The third kappa shape index (κ3) is 5.73. The molecule has 112 valence electrons. The van der Waals surface area contributed by atoms with E-state index in [9.17, 15) is 4.79 Å². The lowest BCUT2D eigenvalue weighted by Crippen LogP contribution is -2.28. The van der Waals surface area contributed by atoms with Crippen LogP contribution in [0.1, 0.15) is 25.7 Å². The summed E-state index contributed by atoms with van der Waals surface area (Å²) >= 11 is 1.71. The lowest BCUT2D eigenvalue weighted by Gasteiger charge is -2.22. The number of piperidine rings is 1. The number of hydrogen-bond donors (Lipinski definition) is 2. The number of carbonyl (C=O) groups is 1. The number of amides is 1. The molecule has 0 bridgehead atoms. The second kappa shape index (κ2) is 9.27. The molecule has 5 heteroatoms. The van der Waals surface area contributed by atoms with Crippen molar-refractivity contribution in [2.45, 2.75) is 30.6 Å². The molecule has 1 aromatic rings. The van der Waals surface area contributed by atoms with Gasteiger partial charge < -0.3 is 10.6 Å². The van der Waals surface area contributed by atoms with Gasteiger partial charge in [0.1, 0.15) is 0 Å². The molecular formula is C15H23ClN2OS. The zero-order chi connectivity index (χ0) is 13.5. The van der Waals surface area contributed by atoms with Crippen LogP contribution in [0.4, 0.5) is 5.69 Å². The van der Waals surface area contributed by atoms with Gasteiger partial charge in [0.05, 0.1) is 0 Å². The predicted octanol–water partition coefficient (Wildman–Crippen LogP) is 3.55. The molecule has 2 rings (SSSR count). The fraction of sp³-hybridized carbons (Fsp3) is 0.533. The minimum absolute atomic E-state index is 0. The van der Waals surface area contributed by atoms with E-state index < -0.39 is 0 Å². The molecule has 1 aromatic carbocycles. The summed E-state index contributed by atoms with van der Waals surface area (Å²) in [6.07, 6.45) is 6.10. The van der Waals surface area contributed by atoms with Crippen LogP contribution in [-0.4, -0.2) is 25.3 Å². The van der Waals surface area contributed by atoms with Crippen molar-refractivity contribution >= 4 is 35.8 Å². The van der Waals surface area contributed by atoms with Gasteiger partial charge in [0.25, 0.3) is 0 Å². The zero-order valence-corrected chi connectivity index (χ0v) is 13.5. The van der Waals surface area contributed by atoms with Gasteiger partial charge in [0.15, 0.2) is 0 Å². The van der Waals surface area contributed by atoms with Gasteiger partial charge in [-0.25, -0.2) is 0 Å². The van der Waals surface area contributed by atoms with Crippen LogP contribution < -0.4 is 10.6 Å². The van der Waals surface area contributed by atoms with Crippen molar-refractivity contribution < 1.29 is 4.79 Å². The zero-order valence-electron chi connectivity index (χ0n) is 11.9. The number of benzene rings is 1. The average Bonchev–Trinajstić information content (AvgIpc) is 2.47. The summed E-state index contributed by atoms with van der Waals surface area (Å²) in [5.74, 6) is 0.848. The van der Waals surface area contributed by atoms with Crippen LogP contribution in [0.3, 0.4) is 0 Å². The monoisotopic (exact) mass is 314 g/mol. The number of hydrogen-bond acceptors (Lipinski definition) is 3. The molecule has 0 unspecified atom stereocenters. The van der Waals surface area contributed by atoms with E-state index in [0.717, 1.165) is 25.2 Å². The molecule has 1 aliphatic rings. The molecule has 1 heterocycles. The summed E-state index contributed by atoms with van der Waals surface area (Å²) in [6, 6.07) is 8.00. The van der Waals surface area contributed by atoms with Gasteiger partial charge >= 0.3 is 0 Å². The van der Waals surface area contributed by atoms with E-state index in [4.69, 9.17) is 0 Å². The van der Waals surface area contributed by atoms with Crippen molar-refractivity contribution in [2.24, 2.45) is 5.92 Å². The van der Waals surface area contributed by atoms with Crippen LogP contribution in [0, 0.1) is 5.92 Å². The molecule has 1 fully saturated rings. The van der Waals surface area contributed by atoms with Gasteiger partial charge in [-0.15, -0.1) is 24.2 Å². The Balaban J connectivity index is 0.00000200. The van der Waals surface area contributed by atoms with Crippen LogP contribution in [0.15, 0.2) is 29.2 Å². The van der Waals surface area contributed by atoms with Crippen molar-refractivity contribution in [1.82, 2.24) is 5.32 Å². The Labute approximate surface area is 131 Å². The van der Waals surface area contributed by atoms with Crippen LogP contribution in [0.25, 0.3) is 0 Å². The fourth-order valence-corrected chi connectivity index (χ4v) is 2.81. The Hall–Kier alpha value is -0.710. The van der Waals surface area contributed by atoms with E-state index in [2.05, 4.69) is 10.6 Å². The Morgan fingerprint density at radius 3 is 2.55 bits per heavy atom. The largest absolute Gasteiger partial charge is 0.326 e. The highest BCUT2D eigenvalue weighted by Crippen LogP contribution is 2.20. The lowest BCUT2D eigenvalue weighted by molar-refractivity contribution is -0.116. The number of thioether (sulfide) groups is 1. The average molecular weight is 315 g/mol. The van der Waals surface area contributed by atoms with Crippen molar-refractivity contribution in [3.63, 3.8) is 0 Å². The van der Waals surface area contributed by atoms with Crippen LogP contribution in [0.2, 0.25) is 0 Å². The smallest absolute Gasteiger partial charge is 0.224 e. The standard InChI is InChI=1S/C15H22N2OS.ClH/c1-19-14-5-3-13(4-6-14)17-15(18)7-2-12-8-10-16-11-9-12;/h3-6,12,16H,2,7-11H2,1H3,(H,17,18);1H. The molecule has 2 N–H and O–H groups in total. The van der Waals surface area contributed by atoms with Crippen molar-refractivity contribution in [1.29, 1.82) is 0 Å². The predicted molar refractivity (Wildman–Crippen MR) is 88.9 cm³/mol. The lowest BCUT2D eigenvalue weighted by atomic mass is 9.93. The third-order valence-corrected chi connectivity index (χ3v) is 4.36. The summed E-state index contributed by atoms with van der Waals surface area (Å²) in [5, 5.41) is 6.32. The van der Waals surface area contributed by atoms with E-state index >= 15 is 0 Å². The van der Waals surface area contributed by atoms with Gasteiger partial charge in [-0.05, 0) is 68.8 Å². The van der Waals surface area contributed by atoms with E-state index in [1.54, 1.807) is 11.8 Å². The van der Waals surface area contributed by atoms with Gasteiger partial charge in [-0.3, -0.25) is 4.79 Å². The maximum absolute atomic E-state index is 11.9. The first kappa shape index (κ1) is 17.3. The second-order valence-electron chi connectivity index (χ2n) is 5.01. The highest BCUT2D eigenvalue weighted by Gasteiger charge is 2.14. The van der Waals surface area contributed by atoms with Gasteiger partial charge in [-0.2, -0.15) is 0 Å². The van der Waals surface area contributed by atoms with Crippen molar-refractivity contribution in [3.05, 3.63) is 24.3 Å². The fourth-order valence-electron chi connectivity index (χ4n) is 2.40. The number of rotatable bonds is 5. The number of anilines is 1. The summed E-state index contributed by atoms with van der Waals surface area (Å²) in [5.41, 5.74) is 0.896. The molecular weight excluding hydrogens is 292 g/mol. The molecule has 3 nitrogen and oxygen atoms in total. The quantitative estimate of drug-likeness (QED) is 0.817. The van der Waals surface area contributed by atoms with Crippen molar-refractivity contribution in [2.75, 3.05) is 24.7 Å². The minimum Gasteiger partial charge on any atom is -0.326 e. The molecule has 1 aliphatic heterocycles. The van der Waals surface area contributed by atoms with Gasteiger partial charge in [0, 0.05) is 17.0 Å². The Morgan fingerprint density at radius 1 is 1.30 bits per heavy atom. The Bertz CT molecular complexity index is 405. The maximum Gasteiger partial charge on any atom is 0.224 e. The first-order valence-corrected chi connectivity index (χ1v) is 8.15. The van der Waals surface area contributed by atoms with Gasteiger partial charge in [0.2, 0.25) is 5.91 Å². The van der Waals surface area contributed by atoms with Crippen LogP contribution in [-0.2, 0) is 4.79 Å². The topological polar surface area (TPSA) is 41.1 Å². The number of nitrogens with one attached hydrogen (secondary N) is 2. The minimum atomic E-state index is 0. The molecule has 0 spiro atoms. The maximum atomic E-state index is 11.9. The highest BCUT2D eigenvalue weighted by atomic mass is 35.5. The number of carbonyl (C=O) groups excluding carboxylic acids is 1. The molecule has 1 saturated heterocycles. The molecule has 0 aromatic heterocycles.